The zero-order valence-corrected chi connectivity index (χ0v) is 13.9. The van der Waals surface area contributed by atoms with Crippen LogP contribution in [0.15, 0.2) is 24.3 Å². The molecule has 1 N–H and O–H groups in total. The van der Waals surface area contributed by atoms with Crippen LogP contribution in [0.4, 0.5) is 0 Å². The molecule has 1 unspecified atom stereocenters. The number of benzene rings is 1. The Morgan fingerprint density at radius 3 is 2.10 bits per heavy atom. The summed E-state index contributed by atoms with van der Waals surface area (Å²) in [6.07, 6.45) is 2.56. The third kappa shape index (κ3) is 5.26. The van der Waals surface area contributed by atoms with E-state index < -0.39 is 0 Å². The van der Waals surface area contributed by atoms with Gasteiger partial charge in [-0.25, -0.2) is 0 Å². The summed E-state index contributed by atoms with van der Waals surface area (Å²) in [7, 11) is 2.06. The first-order valence-electron chi connectivity index (χ1n) is 8.11. The maximum Gasteiger partial charge on any atom is 0.0446 e. The van der Waals surface area contributed by atoms with Gasteiger partial charge in [-0.3, -0.25) is 0 Å². The van der Waals surface area contributed by atoms with Crippen LogP contribution in [0, 0.1) is 0 Å². The van der Waals surface area contributed by atoms with E-state index in [4.69, 9.17) is 0 Å². The summed E-state index contributed by atoms with van der Waals surface area (Å²) < 4.78 is 0. The van der Waals surface area contributed by atoms with Crippen molar-refractivity contribution in [2.24, 2.45) is 0 Å². The van der Waals surface area contributed by atoms with E-state index in [0.29, 0.717) is 12.0 Å². The molecule has 114 valence electrons. The predicted octanol–water partition coefficient (Wildman–Crippen LogP) is 4.19. The smallest absolute Gasteiger partial charge is 0.0446 e. The van der Waals surface area contributed by atoms with E-state index >= 15 is 0 Å². The van der Waals surface area contributed by atoms with E-state index in [1.807, 2.05) is 0 Å². The Morgan fingerprint density at radius 2 is 1.65 bits per heavy atom. The van der Waals surface area contributed by atoms with Crippen LogP contribution in [-0.2, 0) is 0 Å². The molecule has 0 fully saturated rings. The molecule has 1 atom stereocenters. The second kappa shape index (κ2) is 9.15. The van der Waals surface area contributed by atoms with Crippen molar-refractivity contribution in [3.63, 3.8) is 0 Å². The highest BCUT2D eigenvalue weighted by Crippen LogP contribution is 2.19. The predicted molar refractivity (Wildman–Crippen MR) is 89.4 cm³/mol. The Kier molecular flexibility index (Phi) is 7.86. The summed E-state index contributed by atoms with van der Waals surface area (Å²) in [5.74, 6) is 0.605. The minimum absolute atomic E-state index is 0.424. The molecule has 1 aromatic carbocycles. The molecule has 0 aromatic heterocycles. The summed E-state index contributed by atoms with van der Waals surface area (Å²) in [4.78, 5) is 2.54. The molecule has 1 aromatic rings. The lowest BCUT2D eigenvalue weighted by Crippen LogP contribution is -2.34. The lowest BCUT2D eigenvalue weighted by Gasteiger charge is -2.26. The molecule has 20 heavy (non-hydrogen) atoms. The molecule has 2 nitrogen and oxygen atoms in total. The van der Waals surface area contributed by atoms with Gasteiger partial charge in [0.25, 0.3) is 0 Å². The Labute approximate surface area is 125 Å². The second-order valence-corrected chi connectivity index (χ2v) is 5.91. The fraction of sp³-hybridized carbons (Fsp3) is 0.667. The van der Waals surface area contributed by atoms with Crippen LogP contribution >= 0.6 is 0 Å². The maximum absolute atomic E-state index is 3.47. The Bertz CT molecular complexity index is 356. The fourth-order valence-corrected chi connectivity index (χ4v) is 2.50. The van der Waals surface area contributed by atoms with Gasteiger partial charge in [-0.15, -0.1) is 0 Å². The molecule has 0 heterocycles. The molecule has 0 aliphatic carbocycles. The van der Waals surface area contributed by atoms with E-state index in [9.17, 15) is 0 Å². The number of nitrogens with one attached hydrogen (secondary N) is 1. The number of unbranched alkanes of at least 4 members (excludes halogenated alkanes) is 1. The summed E-state index contributed by atoms with van der Waals surface area (Å²) in [6.45, 7) is 12.4. The van der Waals surface area contributed by atoms with Gasteiger partial charge in [0.05, 0.1) is 0 Å². The van der Waals surface area contributed by atoms with Crippen LogP contribution in [-0.4, -0.2) is 31.6 Å². The third-order valence-electron chi connectivity index (χ3n) is 4.07. The Balaban J connectivity index is 2.69. The molecule has 0 spiro atoms. The fourth-order valence-electron chi connectivity index (χ4n) is 2.50. The number of rotatable bonds is 9. The molecule has 2 heteroatoms. The van der Waals surface area contributed by atoms with Crippen molar-refractivity contribution in [1.29, 1.82) is 0 Å². The summed E-state index contributed by atoms with van der Waals surface area (Å²) in [6, 6.07) is 9.53. The van der Waals surface area contributed by atoms with Crippen molar-refractivity contribution in [3.05, 3.63) is 35.4 Å². The van der Waals surface area contributed by atoms with Crippen LogP contribution in [0.1, 0.15) is 63.6 Å². The molecule has 0 aliphatic rings. The van der Waals surface area contributed by atoms with Crippen molar-refractivity contribution in [2.75, 3.05) is 26.7 Å². The van der Waals surface area contributed by atoms with Gasteiger partial charge in [0.15, 0.2) is 0 Å². The minimum Gasteiger partial charge on any atom is -0.312 e. The van der Waals surface area contributed by atoms with Crippen LogP contribution < -0.4 is 5.32 Å². The first kappa shape index (κ1) is 17.2. The Hall–Kier alpha value is -0.860. The van der Waals surface area contributed by atoms with Gasteiger partial charge in [-0.1, -0.05) is 58.4 Å². The highest BCUT2D eigenvalue weighted by atomic mass is 15.1. The second-order valence-electron chi connectivity index (χ2n) is 5.91. The van der Waals surface area contributed by atoms with Crippen molar-refractivity contribution in [2.45, 2.75) is 52.5 Å². The van der Waals surface area contributed by atoms with E-state index in [1.165, 1.54) is 30.5 Å². The highest BCUT2D eigenvalue weighted by molar-refractivity contribution is 5.27. The van der Waals surface area contributed by atoms with Crippen LogP contribution in [0.2, 0.25) is 0 Å². The van der Waals surface area contributed by atoms with Gasteiger partial charge in [0.1, 0.15) is 0 Å². The standard InChI is InChI=1S/C18H32N2/c1-6-8-13-20(7-2)14-18(19-5)17-11-9-16(10-12-17)15(3)4/h9-12,15,18-19H,6-8,13-14H2,1-5H3. The minimum atomic E-state index is 0.424. The van der Waals surface area contributed by atoms with E-state index in [-0.39, 0.29) is 0 Å². The zero-order chi connectivity index (χ0) is 15.0. The van der Waals surface area contributed by atoms with E-state index in [2.05, 4.69) is 69.2 Å². The Morgan fingerprint density at radius 1 is 1.05 bits per heavy atom. The monoisotopic (exact) mass is 276 g/mol. The molecule has 0 radical (unpaired) electrons. The van der Waals surface area contributed by atoms with E-state index in [0.717, 1.165) is 13.1 Å². The van der Waals surface area contributed by atoms with Gasteiger partial charge in [-0.05, 0) is 43.6 Å². The molecular formula is C18H32N2. The summed E-state index contributed by atoms with van der Waals surface area (Å²) in [5, 5.41) is 3.47. The quantitative estimate of drug-likeness (QED) is 0.727. The molecule has 0 bridgehead atoms. The largest absolute Gasteiger partial charge is 0.312 e. The maximum atomic E-state index is 3.47. The average Bonchev–Trinajstić information content (AvgIpc) is 2.48. The van der Waals surface area contributed by atoms with Gasteiger partial charge in [0, 0.05) is 12.6 Å². The molecule has 0 amide bonds. The van der Waals surface area contributed by atoms with Gasteiger partial charge in [0.2, 0.25) is 0 Å². The molecule has 1 rings (SSSR count). The van der Waals surface area contributed by atoms with Crippen molar-refractivity contribution < 1.29 is 0 Å². The number of likely N-dealkylation sites (N-methyl/N-ethyl adjacent to an activating group) is 2. The topological polar surface area (TPSA) is 15.3 Å². The van der Waals surface area contributed by atoms with Crippen LogP contribution in [0.3, 0.4) is 0 Å². The first-order chi connectivity index (χ1) is 9.62. The number of hydrogen-bond donors (Lipinski definition) is 1. The van der Waals surface area contributed by atoms with Crippen LogP contribution in [0.5, 0.6) is 0 Å². The van der Waals surface area contributed by atoms with E-state index in [1.54, 1.807) is 0 Å². The SMILES string of the molecule is CCCCN(CC)CC(NC)c1ccc(C(C)C)cc1. The van der Waals surface area contributed by atoms with Crippen LogP contribution in [0.25, 0.3) is 0 Å². The highest BCUT2D eigenvalue weighted by Gasteiger charge is 2.13. The molecular weight excluding hydrogens is 244 g/mol. The van der Waals surface area contributed by atoms with Crippen molar-refractivity contribution >= 4 is 0 Å². The number of hydrogen-bond acceptors (Lipinski definition) is 2. The average molecular weight is 276 g/mol. The van der Waals surface area contributed by atoms with Gasteiger partial charge >= 0.3 is 0 Å². The zero-order valence-electron chi connectivity index (χ0n) is 13.9. The lowest BCUT2D eigenvalue weighted by molar-refractivity contribution is 0.254. The summed E-state index contributed by atoms with van der Waals surface area (Å²) in [5.41, 5.74) is 2.81. The first-order valence-corrected chi connectivity index (χ1v) is 8.11. The lowest BCUT2D eigenvalue weighted by atomic mass is 9.99. The van der Waals surface area contributed by atoms with Gasteiger partial charge < -0.3 is 10.2 Å². The summed E-state index contributed by atoms with van der Waals surface area (Å²) >= 11 is 0. The third-order valence-corrected chi connectivity index (χ3v) is 4.07. The van der Waals surface area contributed by atoms with Gasteiger partial charge in [-0.2, -0.15) is 0 Å². The normalized spacial score (nSPS) is 13.2. The molecule has 0 saturated carbocycles. The molecule has 0 aliphatic heterocycles. The van der Waals surface area contributed by atoms with Crippen molar-refractivity contribution in [1.82, 2.24) is 10.2 Å². The van der Waals surface area contributed by atoms with Crippen molar-refractivity contribution in [3.8, 4) is 0 Å². The number of nitrogens with zero attached hydrogens (tertiary/aromatic N) is 1. The molecule has 0 saturated heterocycles.